The monoisotopic (exact) mass is 975 g/mol. The van der Waals surface area contributed by atoms with Gasteiger partial charge in [-0.1, -0.05) is 30.3 Å². The maximum absolute atomic E-state index is 11.4. The number of rotatable bonds is 7. The fourth-order valence-corrected chi connectivity index (χ4v) is 11.9. The van der Waals surface area contributed by atoms with Gasteiger partial charge in [0.05, 0.1) is 54.8 Å². The van der Waals surface area contributed by atoms with Gasteiger partial charge in [0.1, 0.15) is 17.3 Å². The van der Waals surface area contributed by atoms with Crippen LogP contribution in [-0.4, -0.2) is 102 Å². The van der Waals surface area contributed by atoms with Crippen LogP contribution in [0.4, 0.5) is 17.1 Å². The minimum Gasteiger partial charge on any atom is -0.497 e. The Bertz CT molecular complexity index is 3330. The highest BCUT2D eigenvalue weighted by Crippen LogP contribution is 2.41. The molecule has 0 bridgehead atoms. The number of benzene rings is 4. The Kier molecular flexibility index (Phi) is 14.9. The number of methoxy groups -OCH3 is 2. The molecule has 1 N–H and O–H groups in total. The van der Waals surface area contributed by atoms with Gasteiger partial charge in [0, 0.05) is 155 Å². The first kappa shape index (κ1) is 49.1. The average molecular weight is 975 g/mol. The molecule has 73 heavy (non-hydrogen) atoms. The molecule has 0 atom stereocenters. The molecule has 12 rings (SSSR count). The average Bonchev–Trinajstić information content (AvgIpc) is 3.97. The Morgan fingerprint density at radius 3 is 1.74 bits per heavy atom. The third-order valence-electron chi connectivity index (χ3n) is 15.8. The van der Waals surface area contributed by atoms with Crippen molar-refractivity contribution in [2.75, 3.05) is 76.4 Å². The fraction of sp³-hybridized carbons (Fsp3) is 0.383. The van der Waals surface area contributed by atoms with Crippen molar-refractivity contribution >= 4 is 66.5 Å². The summed E-state index contributed by atoms with van der Waals surface area (Å²) in [6.45, 7) is 15.4. The molecule has 4 aliphatic rings. The maximum Gasteiger partial charge on any atom is 0.189 e. The van der Waals surface area contributed by atoms with Crippen LogP contribution >= 0.6 is 0 Å². The summed E-state index contributed by atoms with van der Waals surface area (Å²) < 4.78 is 15.2. The highest BCUT2D eigenvalue weighted by molar-refractivity contribution is 5.94. The first-order valence-corrected chi connectivity index (χ1v) is 26.0. The van der Waals surface area contributed by atoms with Crippen molar-refractivity contribution in [3.05, 3.63) is 138 Å². The van der Waals surface area contributed by atoms with Crippen molar-refractivity contribution in [1.29, 1.82) is 5.26 Å². The lowest BCUT2D eigenvalue weighted by molar-refractivity contribution is -0.120. The number of carbonyl (C=O) groups excluding carboxylic acids is 1. The molecule has 374 valence electrons. The number of pyridine rings is 2. The van der Waals surface area contributed by atoms with Crippen molar-refractivity contribution in [2.24, 2.45) is 14.1 Å². The number of hydrogen-bond donors (Lipinski definition) is 1. The number of Topliss-reactive ketones (excluding diaryl/α,β-unsaturated/α-hetero) is 1. The van der Waals surface area contributed by atoms with Crippen LogP contribution in [0.2, 0.25) is 0 Å². The van der Waals surface area contributed by atoms with E-state index in [9.17, 15) is 10.1 Å². The molecule has 0 spiro atoms. The fourth-order valence-electron chi connectivity index (χ4n) is 11.9. The number of piperazine rings is 2. The van der Waals surface area contributed by atoms with E-state index in [0.29, 0.717) is 42.2 Å². The summed E-state index contributed by atoms with van der Waals surface area (Å²) in [7, 11) is 7.56. The van der Waals surface area contributed by atoms with E-state index < -0.39 is 0 Å². The minimum absolute atomic E-state index is 0.395. The lowest BCUT2D eigenvalue weighted by atomic mass is 9.81. The second-order valence-corrected chi connectivity index (χ2v) is 20.1. The van der Waals surface area contributed by atoms with Gasteiger partial charge in [-0.3, -0.25) is 19.7 Å². The quantitative estimate of drug-likeness (QED) is 0.155. The van der Waals surface area contributed by atoms with Crippen LogP contribution < -0.4 is 24.6 Å². The molecule has 4 aromatic carbocycles. The molecule has 4 fully saturated rings. The second kappa shape index (κ2) is 22.1. The highest BCUT2D eigenvalue weighted by atomic mass is 16.5. The summed E-state index contributed by atoms with van der Waals surface area (Å²) in [6, 6.07) is 31.4. The van der Waals surface area contributed by atoms with E-state index in [1.807, 2.05) is 61.9 Å². The van der Waals surface area contributed by atoms with Crippen LogP contribution in [0.3, 0.4) is 0 Å². The van der Waals surface area contributed by atoms with E-state index >= 15 is 0 Å². The van der Waals surface area contributed by atoms with Gasteiger partial charge in [-0.05, 0) is 104 Å². The molecule has 13 heteroatoms. The molecule has 0 radical (unpaired) electrons. The largest absolute Gasteiger partial charge is 0.497 e. The van der Waals surface area contributed by atoms with Gasteiger partial charge in [0.25, 0.3) is 0 Å². The summed E-state index contributed by atoms with van der Waals surface area (Å²) in [5.41, 5.74) is 11.0. The molecule has 6 heterocycles. The topological polar surface area (TPSA) is 121 Å². The summed E-state index contributed by atoms with van der Waals surface area (Å²) in [5.74, 6) is 3.27. The number of ether oxygens (including phenoxy) is 2. The first-order valence-electron chi connectivity index (χ1n) is 26.0. The molecule has 13 nitrogen and oxygen atoms in total. The van der Waals surface area contributed by atoms with Gasteiger partial charge in [0.2, 0.25) is 0 Å². The third kappa shape index (κ3) is 10.6. The van der Waals surface area contributed by atoms with Crippen LogP contribution in [0.15, 0.2) is 110 Å². The van der Waals surface area contributed by atoms with E-state index in [-0.39, 0.29) is 0 Å². The third-order valence-corrected chi connectivity index (χ3v) is 15.8. The van der Waals surface area contributed by atoms with E-state index in [0.717, 1.165) is 110 Å². The van der Waals surface area contributed by atoms with Gasteiger partial charge in [-0.2, -0.15) is 5.26 Å². The summed E-state index contributed by atoms with van der Waals surface area (Å²) in [6.07, 6.45) is 16.5. The van der Waals surface area contributed by atoms with E-state index in [4.69, 9.17) is 16.0 Å². The van der Waals surface area contributed by atoms with Crippen LogP contribution in [-0.2, 0) is 18.9 Å². The highest BCUT2D eigenvalue weighted by Gasteiger charge is 2.31. The Morgan fingerprint density at radius 2 is 1.19 bits per heavy atom. The van der Waals surface area contributed by atoms with Gasteiger partial charge >= 0.3 is 0 Å². The van der Waals surface area contributed by atoms with Crippen LogP contribution in [0.25, 0.3) is 48.5 Å². The lowest BCUT2D eigenvalue weighted by Crippen LogP contribution is -2.51. The predicted molar refractivity (Wildman–Crippen MR) is 293 cm³/mol. The summed E-state index contributed by atoms with van der Waals surface area (Å²) in [5, 5.41) is 17.4. The summed E-state index contributed by atoms with van der Waals surface area (Å²) in [4.78, 5) is 31.6. The van der Waals surface area contributed by atoms with E-state index in [2.05, 4.69) is 112 Å². The molecule has 8 aromatic rings. The second-order valence-electron chi connectivity index (χ2n) is 20.1. The number of aryl methyl sites for hydroxylation is 2. The molecular formula is C60H66N10O3. The predicted octanol–water partition coefficient (Wildman–Crippen LogP) is 11.1. The number of nitrogens with zero attached hydrogens (tertiary/aromatic N) is 9. The van der Waals surface area contributed by atoms with Crippen molar-refractivity contribution in [2.45, 2.75) is 69.2 Å². The number of nitriles is 1. The molecular weight excluding hydrogens is 909 g/mol. The van der Waals surface area contributed by atoms with Crippen molar-refractivity contribution in [3.63, 3.8) is 0 Å². The van der Waals surface area contributed by atoms with E-state index in [1.165, 1.54) is 64.5 Å². The molecule has 0 unspecified atom stereocenters. The summed E-state index contributed by atoms with van der Waals surface area (Å²) >= 11 is 0. The number of ketones is 1. The molecule has 0 amide bonds. The molecule has 2 saturated carbocycles. The van der Waals surface area contributed by atoms with Crippen molar-refractivity contribution in [3.8, 4) is 17.6 Å². The molecule has 2 saturated heterocycles. The lowest BCUT2D eigenvalue weighted by Gasteiger charge is -2.42. The molecule has 2 aliphatic heterocycles. The normalized spacial score (nSPS) is 18.7. The minimum atomic E-state index is 0.395. The zero-order chi connectivity index (χ0) is 50.4. The van der Waals surface area contributed by atoms with Gasteiger partial charge in [0.15, 0.2) is 5.69 Å². The number of nitrogens with one attached hydrogen (secondary N) is 1. The van der Waals surface area contributed by atoms with Gasteiger partial charge in [-0.15, -0.1) is 0 Å². The molecule has 4 aromatic heterocycles. The number of carbonyl (C=O) groups is 1. The zero-order valence-electron chi connectivity index (χ0n) is 42.7. The van der Waals surface area contributed by atoms with Gasteiger partial charge < -0.3 is 33.7 Å². The van der Waals surface area contributed by atoms with Crippen LogP contribution in [0, 0.1) is 17.9 Å². The Morgan fingerprint density at radius 1 is 0.658 bits per heavy atom. The molecule has 2 aliphatic carbocycles. The number of fused-ring (bicyclic) bond motifs is 4. The Labute approximate surface area is 428 Å². The maximum atomic E-state index is 11.4. The van der Waals surface area contributed by atoms with Crippen molar-refractivity contribution < 1.29 is 14.3 Å². The van der Waals surface area contributed by atoms with E-state index in [1.54, 1.807) is 14.2 Å². The number of aromatic nitrogens is 4. The number of anilines is 2. The number of hydrogen-bond acceptors (Lipinski definition) is 10. The standard InChI is InChI=1S/C30H33N5O.C16H16N2O.C14H17N3O/c1-33-20-27(26-10-5-21(19-31)16-28(26)33)22-6-8-24(9-7-22)34-12-14-35(15-13-34)29-18-25(36-2)17-23-4-3-11-32-30(23)29;1-17-12-5-8-14-15(10-18(2)16(14)9-12)11-3-6-13(19)7-4-11;1-18-12-9-11-3-2-4-16-14(11)13(10-12)17-7-5-15-6-8-17/h3-5,10-11,16-18,20,22,24H,6-9,12-15H2,1-2H3;5,8-11H,3-4,6-7H2,2H3;2-4,9-10,15H,5-8H2,1H3. The van der Waals surface area contributed by atoms with Crippen LogP contribution in [0.1, 0.15) is 79.9 Å². The Balaban J connectivity index is 0.000000139. The SMILES string of the molecule is COc1cc(N2CCN(C3CCC(c4cn(C)c5cc(C#N)ccc45)CC3)CC2)c2ncccc2c1.COc1cc(N2CCNCC2)c2ncccc2c1.[C-]#[N+]c1ccc2c(C3CCC(=O)CC3)cn(C)c2c1. The van der Waals surface area contributed by atoms with Gasteiger partial charge in [-0.25, -0.2) is 4.85 Å². The van der Waals surface area contributed by atoms with Crippen molar-refractivity contribution in [1.82, 2.24) is 29.3 Å². The first-order chi connectivity index (χ1) is 35.7. The zero-order valence-corrected chi connectivity index (χ0v) is 42.7. The Hall–Kier alpha value is -7.45. The van der Waals surface area contributed by atoms with Crippen LogP contribution in [0.5, 0.6) is 11.5 Å². The smallest absolute Gasteiger partial charge is 0.189 e.